The van der Waals surface area contributed by atoms with Crippen LogP contribution >= 0.6 is 0 Å². The predicted octanol–water partition coefficient (Wildman–Crippen LogP) is 2.77. The summed E-state index contributed by atoms with van der Waals surface area (Å²) in [6.45, 7) is 26.9. The molecule has 120 valence electrons. The molecule has 0 spiro atoms. The van der Waals surface area contributed by atoms with Crippen LogP contribution in [0.3, 0.4) is 0 Å². The first-order chi connectivity index (χ1) is 8.60. The molecule has 0 heterocycles. The van der Waals surface area contributed by atoms with E-state index in [1.807, 2.05) is 7.11 Å². The average Bonchev–Trinajstić information content (AvgIpc) is 2.07. The summed E-state index contributed by atoms with van der Waals surface area (Å²) in [5.74, 6) is 4.15. The third kappa shape index (κ3) is 10.3. The Morgan fingerprint density at radius 1 is 0.762 bits per heavy atom. The van der Waals surface area contributed by atoms with Crippen molar-refractivity contribution < 1.29 is 23.6 Å². The van der Waals surface area contributed by atoms with Gasteiger partial charge in [-0.1, -0.05) is 64.6 Å². The van der Waals surface area contributed by atoms with Crippen molar-refractivity contribution in [1.82, 2.24) is 0 Å². The molecule has 1 nitrogen and oxygen atoms in total. The van der Waals surface area contributed by atoms with Crippen molar-refractivity contribution in [2.24, 2.45) is 0 Å². The minimum atomic E-state index is -1.14. The van der Waals surface area contributed by atoms with E-state index < -0.39 is 30.4 Å². The molecule has 0 radical (unpaired) electrons. The molecule has 0 saturated carbocycles. The maximum Gasteiger partial charge on any atom is 1.00 e. The normalized spacial score (nSPS) is 13.6. The molecule has 0 aromatic carbocycles. The van der Waals surface area contributed by atoms with Crippen LogP contribution in [0.5, 0.6) is 0 Å². The summed E-state index contributed by atoms with van der Waals surface area (Å²) < 4.78 is 5.75. The molecule has 0 aliphatic rings. The average molecular weight is 336 g/mol. The maximum absolute atomic E-state index is 5.75. The second-order valence-corrected chi connectivity index (χ2v) is 27.0. The number of hydrogen-bond donors (Lipinski definition) is 0. The van der Waals surface area contributed by atoms with E-state index in [0.717, 1.165) is 5.66 Å². The summed E-state index contributed by atoms with van der Waals surface area (Å²) in [7, 11) is -1.59. The number of rotatable bonds is 8. The smallest absolute Gasteiger partial charge is 0.543 e. The monoisotopic (exact) mass is 336 g/mol. The van der Waals surface area contributed by atoms with E-state index in [0.29, 0.717) is 0 Å². The number of methoxy groups -OCH3 is 1. The zero-order chi connectivity index (χ0) is 16.4. The molecule has 0 fully saturated rings. The van der Waals surface area contributed by atoms with Gasteiger partial charge >= 0.3 is 18.9 Å². The molecule has 0 aliphatic carbocycles. The zero-order valence-corrected chi connectivity index (χ0v) is 19.8. The van der Waals surface area contributed by atoms with Gasteiger partial charge in [-0.3, -0.25) is 0 Å². The van der Waals surface area contributed by atoms with Crippen LogP contribution in [0.4, 0.5) is 0 Å². The van der Waals surface area contributed by atoms with E-state index in [2.05, 4.69) is 65.5 Å². The predicted molar refractivity (Wildman–Crippen MR) is 106 cm³/mol. The van der Waals surface area contributed by atoms with Gasteiger partial charge in [0.25, 0.3) is 0 Å². The summed E-state index contributed by atoms with van der Waals surface area (Å²) in [6, 6.07) is 0. The van der Waals surface area contributed by atoms with Crippen LogP contribution in [0.2, 0.25) is 76.8 Å². The molecule has 0 amide bonds. The first-order valence-corrected chi connectivity index (χ1v) is 19.2. The van der Waals surface area contributed by atoms with Crippen molar-refractivity contribution in [1.29, 1.82) is 0 Å². The van der Waals surface area contributed by atoms with Crippen LogP contribution in [0, 0.1) is 0 Å². The third-order valence-electron chi connectivity index (χ3n) is 3.95. The fourth-order valence-corrected chi connectivity index (χ4v) is 13.8. The SMILES string of the molecule is C=C(OC)[B-](C[Si](C)(C)C)(C[Si](C)(C)C)C[Si](C)(C)C.[Li+]. The summed E-state index contributed by atoms with van der Waals surface area (Å²) in [4.78, 5) is 0. The van der Waals surface area contributed by atoms with Gasteiger partial charge in [0.1, 0.15) is 0 Å². The second kappa shape index (κ2) is 8.10. The van der Waals surface area contributed by atoms with Gasteiger partial charge in [-0.05, 0) is 0 Å². The first-order valence-electron chi connectivity index (χ1n) is 8.04. The molecule has 0 unspecified atom stereocenters. The van der Waals surface area contributed by atoms with E-state index in [1.165, 1.54) is 17.8 Å². The standard InChI is InChI=1S/C15H38BOSi3.Li/c1-15(17-2)16(12-18(3,4)5,13-19(6,7)8)14-20(9,10)11;/h1,12-14H2,2-11H3;/q-1;+1. The van der Waals surface area contributed by atoms with Gasteiger partial charge in [0.05, 0.1) is 13.3 Å². The van der Waals surface area contributed by atoms with Gasteiger partial charge in [-0.2, -0.15) is 17.8 Å². The molecule has 0 aliphatic heterocycles. The van der Waals surface area contributed by atoms with Crippen molar-refractivity contribution >= 4 is 30.4 Å². The van der Waals surface area contributed by atoms with E-state index in [1.54, 1.807) is 0 Å². The van der Waals surface area contributed by atoms with Crippen molar-refractivity contribution in [3.8, 4) is 0 Å². The fourth-order valence-electron chi connectivity index (χ4n) is 4.32. The molecule has 6 heteroatoms. The van der Waals surface area contributed by atoms with Crippen LogP contribution < -0.4 is 18.9 Å². The van der Waals surface area contributed by atoms with Gasteiger partial charge in [0, 0.05) is 24.2 Å². The zero-order valence-electron chi connectivity index (χ0n) is 16.8. The first kappa shape index (κ1) is 24.1. The Hall–Kier alpha value is 0.853. The van der Waals surface area contributed by atoms with Gasteiger partial charge in [0.2, 0.25) is 0 Å². The molecule has 0 atom stereocenters. The number of hydrogen-bond acceptors (Lipinski definition) is 1. The molecule has 0 aromatic rings. The summed E-state index contributed by atoms with van der Waals surface area (Å²) in [5.41, 5.74) is 1.12. The maximum atomic E-state index is 5.75. The fraction of sp³-hybridized carbons (Fsp3) is 0.867. The van der Waals surface area contributed by atoms with Gasteiger partial charge in [-0.25, -0.2) is 0 Å². The minimum Gasteiger partial charge on any atom is -0.543 e. The second-order valence-electron chi connectivity index (χ2n) is 10.4. The van der Waals surface area contributed by atoms with Crippen LogP contribution in [0.15, 0.2) is 12.2 Å². The van der Waals surface area contributed by atoms with Gasteiger partial charge in [-0.15, -0.1) is 6.58 Å². The molecule has 0 aromatic heterocycles. The van der Waals surface area contributed by atoms with Crippen molar-refractivity contribution in [2.45, 2.75) is 76.8 Å². The Morgan fingerprint density at radius 3 is 1.14 bits per heavy atom. The molecular formula is C15H38BLiOSi3. The molecule has 21 heavy (non-hydrogen) atoms. The Bertz CT molecular complexity index is 300. The molecule has 0 saturated heterocycles. The van der Waals surface area contributed by atoms with Crippen LogP contribution in [-0.2, 0) is 4.74 Å². The molecule has 0 rings (SSSR count). The molecule has 0 bridgehead atoms. The van der Waals surface area contributed by atoms with E-state index in [-0.39, 0.29) is 18.9 Å². The Kier molecular flexibility index (Phi) is 9.30. The van der Waals surface area contributed by atoms with Crippen molar-refractivity contribution in [3.63, 3.8) is 0 Å². The van der Waals surface area contributed by atoms with E-state index in [4.69, 9.17) is 4.74 Å². The number of ether oxygens (including phenoxy) is 1. The van der Waals surface area contributed by atoms with E-state index in [9.17, 15) is 0 Å². The van der Waals surface area contributed by atoms with Crippen molar-refractivity contribution in [3.05, 3.63) is 12.2 Å². The topological polar surface area (TPSA) is 9.23 Å². The Labute approximate surface area is 149 Å². The largest absolute Gasteiger partial charge is 1.00 e. The van der Waals surface area contributed by atoms with Gasteiger partial charge < -0.3 is 4.74 Å². The summed E-state index contributed by atoms with van der Waals surface area (Å²) in [6.07, 6.45) is -0.565. The summed E-state index contributed by atoms with van der Waals surface area (Å²) >= 11 is 0. The molecular weight excluding hydrogens is 298 g/mol. The quantitative estimate of drug-likeness (QED) is 0.489. The minimum absolute atomic E-state index is 0. The Balaban J connectivity index is 0. The van der Waals surface area contributed by atoms with Crippen LogP contribution in [-0.4, -0.2) is 37.5 Å². The Morgan fingerprint density at radius 2 is 1.00 bits per heavy atom. The van der Waals surface area contributed by atoms with Crippen molar-refractivity contribution in [2.75, 3.05) is 7.11 Å². The third-order valence-corrected chi connectivity index (χ3v) is 9.97. The molecule has 0 N–H and O–H groups in total. The van der Waals surface area contributed by atoms with Gasteiger partial charge in [0.15, 0.2) is 0 Å². The van der Waals surface area contributed by atoms with E-state index >= 15 is 0 Å². The van der Waals surface area contributed by atoms with Crippen LogP contribution in [0.25, 0.3) is 0 Å². The summed E-state index contributed by atoms with van der Waals surface area (Å²) in [5, 5.41) is 0. The van der Waals surface area contributed by atoms with Crippen LogP contribution in [0.1, 0.15) is 0 Å².